The minimum Gasteiger partial charge on any atom is -0.383 e. The van der Waals surface area contributed by atoms with Gasteiger partial charge in [-0.3, -0.25) is 9.59 Å². The Balaban J connectivity index is 1.66. The van der Waals surface area contributed by atoms with Crippen LogP contribution in [-0.2, 0) is 17.7 Å². The number of benzene rings is 1. The number of carbonyl (C=O) groups is 1. The number of aryl methyl sites for hydroxylation is 1. The molecule has 132 valence electrons. The van der Waals surface area contributed by atoms with E-state index in [-0.39, 0.29) is 11.5 Å². The number of nitrogens with zero attached hydrogens (tertiary/aromatic N) is 1. The van der Waals surface area contributed by atoms with Crippen molar-refractivity contribution in [1.82, 2.24) is 9.88 Å². The van der Waals surface area contributed by atoms with E-state index in [9.17, 15) is 9.59 Å². The Hall–Kier alpha value is -2.40. The molecule has 1 heterocycles. The number of amides is 1. The van der Waals surface area contributed by atoms with Gasteiger partial charge in [-0.25, -0.2) is 0 Å². The van der Waals surface area contributed by atoms with Gasteiger partial charge in [-0.05, 0) is 36.5 Å². The van der Waals surface area contributed by atoms with Gasteiger partial charge in [0, 0.05) is 38.4 Å². The van der Waals surface area contributed by atoms with Crippen LogP contribution < -0.4 is 10.9 Å². The Labute approximate surface area is 147 Å². The van der Waals surface area contributed by atoms with Crippen LogP contribution in [0.15, 0.2) is 47.4 Å². The topological polar surface area (TPSA) is 60.3 Å². The largest absolute Gasteiger partial charge is 0.383 e. The fourth-order valence-corrected chi connectivity index (χ4v) is 3.41. The molecular weight excluding hydrogens is 316 g/mol. The number of hydrogen-bond donors (Lipinski definition) is 1. The molecule has 3 rings (SSSR count). The molecule has 0 saturated heterocycles. The number of methoxy groups -OCH3 is 1. The van der Waals surface area contributed by atoms with Gasteiger partial charge in [0.05, 0.1) is 12.2 Å². The second-order valence-electron chi connectivity index (χ2n) is 6.44. The van der Waals surface area contributed by atoms with Crippen molar-refractivity contribution in [2.24, 2.45) is 0 Å². The van der Waals surface area contributed by atoms with Gasteiger partial charge in [-0.15, -0.1) is 0 Å². The van der Waals surface area contributed by atoms with Crippen LogP contribution in [0.5, 0.6) is 0 Å². The highest BCUT2D eigenvalue weighted by Crippen LogP contribution is 2.30. The van der Waals surface area contributed by atoms with Crippen molar-refractivity contribution in [3.63, 3.8) is 0 Å². The van der Waals surface area contributed by atoms with Crippen molar-refractivity contribution in [1.29, 1.82) is 0 Å². The summed E-state index contributed by atoms with van der Waals surface area (Å²) in [6, 6.07) is 11.5. The fraction of sp³-hybridized carbons (Fsp3) is 0.400. The van der Waals surface area contributed by atoms with E-state index in [2.05, 4.69) is 29.6 Å². The molecule has 0 bridgehead atoms. The zero-order valence-electron chi connectivity index (χ0n) is 14.5. The lowest BCUT2D eigenvalue weighted by molar-refractivity contribution is 0.0949. The molecule has 1 aromatic carbocycles. The molecule has 0 radical (unpaired) electrons. The first-order valence-electron chi connectivity index (χ1n) is 8.74. The van der Waals surface area contributed by atoms with Crippen LogP contribution in [0.2, 0.25) is 0 Å². The summed E-state index contributed by atoms with van der Waals surface area (Å²) in [7, 11) is 1.59. The molecule has 0 saturated carbocycles. The van der Waals surface area contributed by atoms with Crippen LogP contribution in [0.3, 0.4) is 0 Å². The van der Waals surface area contributed by atoms with Crippen molar-refractivity contribution in [2.45, 2.75) is 31.7 Å². The van der Waals surface area contributed by atoms with Gasteiger partial charge in [-0.1, -0.05) is 24.3 Å². The summed E-state index contributed by atoms with van der Waals surface area (Å²) < 4.78 is 6.51. The van der Waals surface area contributed by atoms with Gasteiger partial charge in [0.2, 0.25) is 0 Å². The molecule has 1 unspecified atom stereocenters. The maximum Gasteiger partial charge on any atom is 0.252 e. The molecule has 1 atom stereocenters. The van der Waals surface area contributed by atoms with Gasteiger partial charge in [-0.2, -0.15) is 0 Å². The zero-order chi connectivity index (χ0) is 17.6. The molecule has 5 heteroatoms. The number of rotatable bonds is 6. The first kappa shape index (κ1) is 17.4. The first-order chi connectivity index (χ1) is 12.2. The van der Waals surface area contributed by atoms with Crippen LogP contribution >= 0.6 is 0 Å². The Morgan fingerprint density at radius 2 is 2.12 bits per heavy atom. The van der Waals surface area contributed by atoms with Crippen molar-refractivity contribution in [2.75, 3.05) is 20.3 Å². The molecule has 0 aliphatic heterocycles. The number of aromatic nitrogens is 1. The summed E-state index contributed by atoms with van der Waals surface area (Å²) in [6.45, 7) is 1.49. The SMILES string of the molecule is COCCn1cc(C(=O)NCC2CCCc3ccccc32)ccc1=O. The van der Waals surface area contributed by atoms with E-state index in [0.29, 0.717) is 31.2 Å². The van der Waals surface area contributed by atoms with Crippen LogP contribution in [0.1, 0.15) is 40.2 Å². The number of ether oxygens (including phenoxy) is 1. The molecule has 5 nitrogen and oxygen atoms in total. The van der Waals surface area contributed by atoms with E-state index < -0.39 is 0 Å². The third-order valence-corrected chi connectivity index (χ3v) is 4.78. The highest BCUT2D eigenvalue weighted by atomic mass is 16.5. The molecule has 1 aliphatic rings. The third-order valence-electron chi connectivity index (χ3n) is 4.78. The van der Waals surface area contributed by atoms with E-state index in [1.165, 1.54) is 21.8 Å². The predicted molar refractivity (Wildman–Crippen MR) is 97.0 cm³/mol. The molecule has 1 amide bonds. The molecule has 2 aromatic rings. The number of fused-ring (bicyclic) bond motifs is 1. The minimum absolute atomic E-state index is 0.130. The van der Waals surface area contributed by atoms with Gasteiger partial charge in [0.25, 0.3) is 11.5 Å². The predicted octanol–water partition coefficient (Wildman–Crippen LogP) is 2.34. The van der Waals surface area contributed by atoms with Crippen LogP contribution in [0.4, 0.5) is 0 Å². The standard InChI is InChI=1S/C20H24N2O3/c1-25-12-11-22-14-17(9-10-19(22)23)20(24)21-13-16-7-4-6-15-5-2-3-8-18(15)16/h2-3,5,8-10,14,16H,4,6-7,11-13H2,1H3,(H,21,24). The first-order valence-corrected chi connectivity index (χ1v) is 8.74. The number of carbonyl (C=O) groups excluding carboxylic acids is 1. The fourth-order valence-electron chi connectivity index (χ4n) is 3.41. The highest BCUT2D eigenvalue weighted by molar-refractivity contribution is 5.93. The van der Waals surface area contributed by atoms with Crippen LogP contribution in [-0.4, -0.2) is 30.7 Å². The second-order valence-corrected chi connectivity index (χ2v) is 6.44. The molecule has 0 spiro atoms. The number of hydrogen-bond acceptors (Lipinski definition) is 3. The molecule has 1 N–H and O–H groups in total. The Bertz CT molecular complexity index is 798. The minimum atomic E-state index is -0.144. The normalized spacial score (nSPS) is 16.3. The van der Waals surface area contributed by atoms with Gasteiger partial charge < -0.3 is 14.6 Å². The summed E-state index contributed by atoms with van der Waals surface area (Å²) >= 11 is 0. The monoisotopic (exact) mass is 340 g/mol. The van der Waals surface area contributed by atoms with E-state index in [1.54, 1.807) is 19.4 Å². The van der Waals surface area contributed by atoms with Crippen LogP contribution in [0.25, 0.3) is 0 Å². The smallest absolute Gasteiger partial charge is 0.252 e. The third kappa shape index (κ3) is 4.17. The zero-order valence-corrected chi connectivity index (χ0v) is 14.5. The Morgan fingerprint density at radius 3 is 2.96 bits per heavy atom. The van der Waals surface area contributed by atoms with E-state index in [4.69, 9.17) is 4.74 Å². The number of pyridine rings is 1. The maximum atomic E-state index is 12.5. The summed E-state index contributed by atoms with van der Waals surface area (Å²) in [6.07, 6.45) is 4.96. The summed E-state index contributed by atoms with van der Waals surface area (Å²) in [4.78, 5) is 24.3. The van der Waals surface area contributed by atoms with Gasteiger partial charge in [0.15, 0.2) is 0 Å². The van der Waals surface area contributed by atoms with Gasteiger partial charge in [0.1, 0.15) is 0 Å². The molecule has 0 fully saturated rings. The van der Waals surface area contributed by atoms with Crippen LogP contribution in [0, 0.1) is 0 Å². The molecule has 25 heavy (non-hydrogen) atoms. The lowest BCUT2D eigenvalue weighted by Gasteiger charge is -2.25. The highest BCUT2D eigenvalue weighted by Gasteiger charge is 2.20. The van der Waals surface area contributed by atoms with E-state index in [1.807, 2.05) is 0 Å². The second kappa shape index (κ2) is 8.12. The lowest BCUT2D eigenvalue weighted by Crippen LogP contribution is -2.31. The maximum absolute atomic E-state index is 12.5. The summed E-state index contributed by atoms with van der Waals surface area (Å²) in [5.74, 6) is 0.211. The van der Waals surface area contributed by atoms with Gasteiger partial charge >= 0.3 is 0 Å². The van der Waals surface area contributed by atoms with E-state index >= 15 is 0 Å². The van der Waals surface area contributed by atoms with E-state index in [0.717, 1.165) is 19.3 Å². The van der Waals surface area contributed by atoms with Crippen molar-refractivity contribution in [3.05, 3.63) is 69.6 Å². The summed E-state index contributed by atoms with van der Waals surface area (Å²) in [5, 5.41) is 3.03. The molecule has 1 aromatic heterocycles. The Morgan fingerprint density at radius 1 is 1.28 bits per heavy atom. The average Bonchev–Trinajstić information content (AvgIpc) is 2.65. The molecule has 1 aliphatic carbocycles. The Kier molecular flexibility index (Phi) is 5.66. The van der Waals surface area contributed by atoms with Crippen molar-refractivity contribution < 1.29 is 9.53 Å². The van der Waals surface area contributed by atoms with Crippen molar-refractivity contribution in [3.8, 4) is 0 Å². The average molecular weight is 340 g/mol. The molecular formula is C20H24N2O3. The summed E-state index contributed by atoms with van der Waals surface area (Å²) in [5.41, 5.74) is 3.11. The quantitative estimate of drug-likeness (QED) is 0.878. The number of nitrogens with one attached hydrogen (secondary N) is 1. The lowest BCUT2D eigenvalue weighted by atomic mass is 9.83. The van der Waals surface area contributed by atoms with Crippen molar-refractivity contribution >= 4 is 5.91 Å².